The van der Waals surface area contributed by atoms with E-state index in [0.29, 0.717) is 28.9 Å². The van der Waals surface area contributed by atoms with Gasteiger partial charge in [0.2, 0.25) is 0 Å². The van der Waals surface area contributed by atoms with Crippen molar-refractivity contribution < 1.29 is 22.7 Å². The lowest BCUT2D eigenvalue weighted by Gasteiger charge is -2.38. The minimum atomic E-state index is -4.70. The molecule has 6 nitrogen and oxygen atoms in total. The molecular formula is C22H23F4N5O. The number of alkyl halides is 3. The molecule has 1 aliphatic rings. The molecule has 2 N–H and O–H groups in total. The fourth-order valence-electron chi connectivity index (χ4n) is 3.97. The van der Waals surface area contributed by atoms with E-state index in [1.165, 1.54) is 12.3 Å². The minimum Gasteiger partial charge on any atom is -0.384 e. The zero-order chi connectivity index (χ0) is 23.1. The van der Waals surface area contributed by atoms with E-state index in [1.807, 2.05) is 7.05 Å². The van der Waals surface area contributed by atoms with E-state index in [9.17, 15) is 22.7 Å². The molecule has 1 saturated heterocycles. The molecule has 3 aromatic heterocycles. The topological polar surface area (TPSA) is 74.2 Å². The van der Waals surface area contributed by atoms with Crippen LogP contribution in [0.1, 0.15) is 31.2 Å². The third-order valence-electron chi connectivity index (χ3n) is 6.01. The lowest BCUT2D eigenvalue weighted by atomic mass is 9.79. The van der Waals surface area contributed by atoms with Crippen LogP contribution in [0.15, 0.2) is 36.7 Å². The van der Waals surface area contributed by atoms with Gasteiger partial charge in [-0.15, -0.1) is 0 Å². The Morgan fingerprint density at radius 1 is 1.06 bits per heavy atom. The Kier molecular flexibility index (Phi) is 5.76. The van der Waals surface area contributed by atoms with Crippen molar-refractivity contribution in [1.29, 1.82) is 0 Å². The lowest BCUT2D eigenvalue weighted by molar-refractivity contribution is -0.141. The van der Waals surface area contributed by atoms with Crippen LogP contribution >= 0.6 is 0 Å². The predicted octanol–water partition coefficient (Wildman–Crippen LogP) is 4.48. The summed E-state index contributed by atoms with van der Waals surface area (Å²) in [6.07, 6.45) is -1.01. The largest absolute Gasteiger partial charge is 0.433 e. The van der Waals surface area contributed by atoms with E-state index < -0.39 is 29.0 Å². The van der Waals surface area contributed by atoms with E-state index in [2.05, 4.69) is 25.2 Å². The van der Waals surface area contributed by atoms with Gasteiger partial charge in [0.1, 0.15) is 17.1 Å². The molecular weight excluding hydrogens is 426 g/mol. The molecule has 4 heterocycles. The average molecular weight is 449 g/mol. The molecule has 3 aromatic rings. The molecule has 0 saturated carbocycles. The first-order valence-electron chi connectivity index (χ1n) is 10.2. The van der Waals surface area contributed by atoms with Gasteiger partial charge in [0, 0.05) is 17.6 Å². The Morgan fingerprint density at radius 3 is 2.47 bits per heavy atom. The number of aromatic nitrogens is 3. The van der Waals surface area contributed by atoms with Gasteiger partial charge < -0.3 is 15.3 Å². The number of hydrogen-bond donors (Lipinski definition) is 2. The van der Waals surface area contributed by atoms with Crippen molar-refractivity contribution in [2.75, 3.05) is 25.5 Å². The first-order valence-corrected chi connectivity index (χ1v) is 10.2. The van der Waals surface area contributed by atoms with E-state index in [4.69, 9.17) is 0 Å². The molecule has 1 fully saturated rings. The van der Waals surface area contributed by atoms with Crippen molar-refractivity contribution in [2.24, 2.45) is 5.92 Å². The summed E-state index contributed by atoms with van der Waals surface area (Å²) in [5, 5.41) is 14.5. The second-order valence-corrected chi connectivity index (χ2v) is 8.36. The van der Waals surface area contributed by atoms with Gasteiger partial charge in [-0.3, -0.25) is 0 Å². The van der Waals surface area contributed by atoms with Crippen LogP contribution in [0.5, 0.6) is 0 Å². The average Bonchev–Trinajstić information content (AvgIpc) is 2.74. The Hall–Kier alpha value is -2.85. The molecule has 0 radical (unpaired) electrons. The standard InChI is InChI=1S/C22H23F4N5O/c1-21(32,14-5-7-31(2)8-6-14)18-4-3-13-11-28-20(10-16(13)29-18)30-17-9-19(22(24,25)26)27-12-15(17)23/h3-4,9-12,14,32H,5-8H2,1-2H3,(H,27,28,30). The van der Waals surface area contributed by atoms with E-state index in [0.717, 1.165) is 25.9 Å². The number of aliphatic hydroxyl groups is 1. The van der Waals surface area contributed by atoms with Crippen molar-refractivity contribution in [3.8, 4) is 0 Å². The summed E-state index contributed by atoms with van der Waals surface area (Å²) in [4.78, 5) is 14.0. The van der Waals surface area contributed by atoms with Crippen molar-refractivity contribution in [2.45, 2.75) is 31.5 Å². The van der Waals surface area contributed by atoms with Gasteiger partial charge in [-0.25, -0.2) is 19.3 Å². The number of hydrogen-bond acceptors (Lipinski definition) is 6. The predicted molar refractivity (Wildman–Crippen MR) is 112 cm³/mol. The number of rotatable bonds is 4. The summed E-state index contributed by atoms with van der Waals surface area (Å²) in [5.41, 5.74) is -1.75. The smallest absolute Gasteiger partial charge is 0.384 e. The Labute approximate surface area is 182 Å². The molecule has 170 valence electrons. The molecule has 0 spiro atoms. The summed E-state index contributed by atoms with van der Waals surface area (Å²) in [6, 6.07) is 5.65. The number of piperidine rings is 1. The monoisotopic (exact) mass is 449 g/mol. The molecule has 4 rings (SSSR count). The second kappa shape index (κ2) is 8.25. The second-order valence-electron chi connectivity index (χ2n) is 8.36. The quantitative estimate of drug-likeness (QED) is 0.573. The Bertz CT molecular complexity index is 1130. The fraction of sp³-hybridized carbons (Fsp3) is 0.409. The highest BCUT2D eigenvalue weighted by atomic mass is 19.4. The third-order valence-corrected chi connectivity index (χ3v) is 6.01. The van der Waals surface area contributed by atoms with Crippen molar-refractivity contribution in [1.82, 2.24) is 19.9 Å². The maximum absolute atomic E-state index is 14.0. The lowest BCUT2D eigenvalue weighted by Crippen LogP contribution is -2.41. The molecule has 1 unspecified atom stereocenters. The van der Waals surface area contributed by atoms with Crippen molar-refractivity contribution >= 4 is 22.4 Å². The number of nitrogens with zero attached hydrogens (tertiary/aromatic N) is 4. The molecule has 1 atom stereocenters. The van der Waals surface area contributed by atoms with Crippen LogP contribution < -0.4 is 5.32 Å². The van der Waals surface area contributed by atoms with Gasteiger partial charge in [0.25, 0.3) is 0 Å². The van der Waals surface area contributed by atoms with Gasteiger partial charge in [-0.05, 0) is 64.0 Å². The number of fused-ring (bicyclic) bond motifs is 1. The highest BCUT2D eigenvalue weighted by Gasteiger charge is 2.37. The summed E-state index contributed by atoms with van der Waals surface area (Å²) in [7, 11) is 2.05. The highest BCUT2D eigenvalue weighted by Crippen LogP contribution is 2.36. The maximum atomic E-state index is 14.0. The molecule has 32 heavy (non-hydrogen) atoms. The maximum Gasteiger partial charge on any atom is 0.433 e. The Morgan fingerprint density at radius 2 is 1.78 bits per heavy atom. The van der Waals surface area contributed by atoms with Gasteiger partial charge in [-0.2, -0.15) is 13.2 Å². The number of likely N-dealkylation sites (tertiary alicyclic amines) is 1. The zero-order valence-electron chi connectivity index (χ0n) is 17.6. The van der Waals surface area contributed by atoms with E-state index >= 15 is 0 Å². The van der Waals surface area contributed by atoms with Crippen LogP contribution in [0.4, 0.5) is 29.1 Å². The van der Waals surface area contributed by atoms with Crippen LogP contribution in [0, 0.1) is 11.7 Å². The van der Waals surface area contributed by atoms with E-state index in [1.54, 1.807) is 19.1 Å². The van der Waals surface area contributed by atoms with Gasteiger partial charge in [0.05, 0.1) is 23.1 Å². The number of halogens is 4. The van der Waals surface area contributed by atoms with Crippen LogP contribution in [0.2, 0.25) is 0 Å². The molecule has 0 amide bonds. The van der Waals surface area contributed by atoms with Crippen molar-refractivity contribution in [3.05, 3.63) is 53.9 Å². The van der Waals surface area contributed by atoms with Gasteiger partial charge in [0.15, 0.2) is 5.82 Å². The van der Waals surface area contributed by atoms with E-state index in [-0.39, 0.29) is 11.7 Å². The zero-order valence-corrected chi connectivity index (χ0v) is 17.6. The summed E-state index contributed by atoms with van der Waals surface area (Å²) < 4.78 is 52.8. The van der Waals surface area contributed by atoms with Crippen LogP contribution in [0.3, 0.4) is 0 Å². The minimum absolute atomic E-state index is 0.0507. The molecule has 0 bridgehead atoms. The molecule has 10 heteroatoms. The number of nitrogens with one attached hydrogen (secondary N) is 1. The third kappa shape index (κ3) is 4.51. The SMILES string of the molecule is CN1CCC(C(C)(O)c2ccc3cnc(Nc4cc(C(F)(F)F)ncc4F)cc3n2)CC1. The first kappa shape index (κ1) is 22.3. The highest BCUT2D eigenvalue weighted by molar-refractivity contribution is 5.81. The van der Waals surface area contributed by atoms with Crippen molar-refractivity contribution in [3.63, 3.8) is 0 Å². The normalized spacial score (nSPS) is 18.0. The number of anilines is 2. The van der Waals surface area contributed by atoms with Gasteiger partial charge in [-0.1, -0.05) is 0 Å². The first-order chi connectivity index (χ1) is 15.0. The number of pyridine rings is 3. The molecule has 0 aromatic carbocycles. The van der Waals surface area contributed by atoms with Crippen LogP contribution in [-0.4, -0.2) is 45.1 Å². The summed E-state index contributed by atoms with van der Waals surface area (Å²) in [5.74, 6) is -0.763. The van der Waals surface area contributed by atoms with Gasteiger partial charge >= 0.3 is 6.18 Å². The fourth-order valence-corrected chi connectivity index (χ4v) is 3.97. The molecule has 0 aliphatic carbocycles. The van der Waals surface area contributed by atoms with Crippen LogP contribution in [0.25, 0.3) is 10.9 Å². The Balaban J connectivity index is 1.63. The van der Waals surface area contributed by atoms with Crippen LogP contribution in [-0.2, 0) is 11.8 Å². The molecule has 1 aliphatic heterocycles. The summed E-state index contributed by atoms with van der Waals surface area (Å²) >= 11 is 0. The summed E-state index contributed by atoms with van der Waals surface area (Å²) in [6.45, 7) is 3.54.